The highest BCUT2D eigenvalue weighted by molar-refractivity contribution is 8.01. The van der Waals surface area contributed by atoms with Gasteiger partial charge in [0.25, 0.3) is 0 Å². The molecule has 1 aromatic heterocycles. The van der Waals surface area contributed by atoms with E-state index in [4.69, 9.17) is 0 Å². The van der Waals surface area contributed by atoms with Crippen LogP contribution in [0.5, 0.6) is 0 Å². The van der Waals surface area contributed by atoms with Crippen LogP contribution in [-0.4, -0.2) is 15.1 Å². The van der Waals surface area contributed by atoms with Crippen molar-refractivity contribution < 1.29 is 9.18 Å². The van der Waals surface area contributed by atoms with E-state index < -0.39 is 5.82 Å². The number of aromatic nitrogens is 2. The molecule has 1 heterocycles. The summed E-state index contributed by atoms with van der Waals surface area (Å²) in [7, 11) is 0. The number of nitrogens with zero attached hydrogens (tertiary/aromatic N) is 2. The molecule has 6 heteroatoms. The van der Waals surface area contributed by atoms with Gasteiger partial charge in [0.1, 0.15) is 12.1 Å². The van der Waals surface area contributed by atoms with Crippen molar-refractivity contribution in [1.29, 1.82) is 0 Å². The lowest BCUT2D eigenvalue weighted by molar-refractivity contribution is 0.101. The fraction of sp³-hybridized carbons (Fsp3) is 0.100. The van der Waals surface area contributed by atoms with E-state index in [0.29, 0.717) is 14.8 Å². The smallest absolute Gasteiger partial charge is 0.174 e. The van der Waals surface area contributed by atoms with Crippen molar-refractivity contribution in [3.8, 4) is 0 Å². The molecule has 2 aromatic rings. The molecule has 82 valence electrons. The minimum Gasteiger partial charge on any atom is -0.294 e. The van der Waals surface area contributed by atoms with Crippen LogP contribution in [0.15, 0.2) is 33.8 Å². The lowest BCUT2D eigenvalue weighted by atomic mass is 10.1. The van der Waals surface area contributed by atoms with Gasteiger partial charge in [0, 0.05) is 5.56 Å². The van der Waals surface area contributed by atoms with E-state index >= 15 is 0 Å². The van der Waals surface area contributed by atoms with E-state index in [1.54, 1.807) is 6.07 Å². The standard InChI is InChI=1S/C10H7FN2OS2/c1-6(14)7-3-2-4-8(11)9(7)15-10-12-5-13-16-10/h2-5H,1H3. The zero-order chi connectivity index (χ0) is 11.5. The number of hydrogen-bond donors (Lipinski definition) is 0. The van der Waals surface area contributed by atoms with Crippen molar-refractivity contribution in [2.75, 3.05) is 0 Å². The maximum Gasteiger partial charge on any atom is 0.174 e. The number of halogens is 1. The summed E-state index contributed by atoms with van der Waals surface area (Å²) in [5.74, 6) is -0.570. The zero-order valence-corrected chi connectivity index (χ0v) is 9.94. The number of Topliss-reactive ketones (excluding diaryl/α,β-unsaturated/α-hetero) is 1. The van der Waals surface area contributed by atoms with Gasteiger partial charge in [-0.05, 0) is 24.5 Å². The van der Waals surface area contributed by atoms with E-state index in [1.165, 1.54) is 36.9 Å². The highest BCUT2D eigenvalue weighted by Crippen LogP contribution is 2.33. The van der Waals surface area contributed by atoms with Crippen LogP contribution < -0.4 is 0 Å². The van der Waals surface area contributed by atoms with Gasteiger partial charge >= 0.3 is 0 Å². The van der Waals surface area contributed by atoms with Gasteiger partial charge in [0.05, 0.1) is 4.90 Å². The van der Waals surface area contributed by atoms with E-state index in [-0.39, 0.29) is 5.78 Å². The first-order valence-electron chi connectivity index (χ1n) is 4.42. The van der Waals surface area contributed by atoms with Crippen LogP contribution >= 0.6 is 23.3 Å². The maximum absolute atomic E-state index is 13.6. The van der Waals surface area contributed by atoms with Gasteiger partial charge in [-0.15, -0.1) is 0 Å². The van der Waals surface area contributed by atoms with E-state index in [9.17, 15) is 9.18 Å². The summed E-state index contributed by atoms with van der Waals surface area (Å²) in [6.07, 6.45) is 1.40. The fourth-order valence-corrected chi connectivity index (χ4v) is 2.75. The molecule has 0 amide bonds. The van der Waals surface area contributed by atoms with Gasteiger partial charge in [-0.25, -0.2) is 9.37 Å². The van der Waals surface area contributed by atoms with Crippen LogP contribution in [0.25, 0.3) is 0 Å². The highest BCUT2D eigenvalue weighted by Gasteiger charge is 2.14. The molecular weight excluding hydrogens is 247 g/mol. The predicted octanol–water partition coefficient (Wildman–Crippen LogP) is 3.03. The number of rotatable bonds is 3. The second-order valence-corrected chi connectivity index (χ2v) is 5.02. The number of carbonyl (C=O) groups is 1. The molecular formula is C10H7FN2OS2. The third kappa shape index (κ3) is 2.28. The van der Waals surface area contributed by atoms with Gasteiger partial charge in [-0.2, -0.15) is 4.37 Å². The van der Waals surface area contributed by atoms with Gasteiger partial charge in [-0.1, -0.05) is 23.9 Å². The fourth-order valence-electron chi connectivity index (χ4n) is 1.19. The summed E-state index contributed by atoms with van der Waals surface area (Å²) in [5, 5.41) is 0. The summed E-state index contributed by atoms with van der Waals surface area (Å²) in [5.41, 5.74) is 0.375. The van der Waals surface area contributed by atoms with E-state index in [1.807, 2.05) is 0 Å². The Morgan fingerprint density at radius 1 is 1.50 bits per heavy atom. The van der Waals surface area contributed by atoms with Gasteiger partial charge in [0.15, 0.2) is 10.1 Å². The van der Waals surface area contributed by atoms with Gasteiger partial charge in [-0.3, -0.25) is 4.79 Å². The highest BCUT2D eigenvalue weighted by atomic mass is 32.2. The van der Waals surface area contributed by atoms with Crippen LogP contribution in [0.4, 0.5) is 4.39 Å². The molecule has 0 bridgehead atoms. The van der Waals surface area contributed by atoms with Crippen LogP contribution in [0.2, 0.25) is 0 Å². The molecule has 0 N–H and O–H groups in total. The lowest BCUT2D eigenvalue weighted by Crippen LogP contribution is -1.97. The molecule has 3 nitrogen and oxygen atoms in total. The summed E-state index contributed by atoms with van der Waals surface area (Å²) >= 11 is 2.30. The predicted molar refractivity (Wildman–Crippen MR) is 60.4 cm³/mol. The third-order valence-electron chi connectivity index (χ3n) is 1.88. The van der Waals surface area contributed by atoms with Crippen molar-refractivity contribution in [3.63, 3.8) is 0 Å². The molecule has 0 saturated carbocycles. The van der Waals surface area contributed by atoms with Crippen molar-refractivity contribution in [3.05, 3.63) is 35.9 Å². The molecule has 0 aliphatic rings. The van der Waals surface area contributed by atoms with Crippen molar-refractivity contribution >= 4 is 29.1 Å². The number of benzene rings is 1. The largest absolute Gasteiger partial charge is 0.294 e. The molecule has 0 saturated heterocycles. The number of hydrogen-bond acceptors (Lipinski definition) is 5. The average molecular weight is 254 g/mol. The van der Waals surface area contributed by atoms with Gasteiger partial charge < -0.3 is 0 Å². The first kappa shape index (κ1) is 11.2. The van der Waals surface area contributed by atoms with Crippen LogP contribution in [0.1, 0.15) is 17.3 Å². The zero-order valence-electron chi connectivity index (χ0n) is 8.31. The molecule has 0 unspecified atom stereocenters. The summed E-state index contributed by atoms with van der Waals surface area (Å²) in [6.45, 7) is 1.42. The second-order valence-electron chi connectivity index (χ2n) is 2.98. The molecule has 1 aromatic carbocycles. The van der Waals surface area contributed by atoms with Crippen molar-refractivity contribution in [1.82, 2.24) is 9.36 Å². The Hall–Kier alpha value is -1.27. The van der Waals surface area contributed by atoms with E-state index in [2.05, 4.69) is 9.36 Å². The first-order chi connectivity index (χ1) is 7.68. The van der Waals surface area contributed by atoms with Crippen LogP contribution in [-0.2, 0) is 0 Å². The summed E-state index contributed by atoms with van der Waals surface area (Å²) in [4.78, 5) is 15.6. The lowest BCUT2D eigenvalue weighted by Gasteiger charge is -2.05. The Morgan fingerprint density at radius 2 is 2.31 bits per heavy atom. The van der Waals surface area contributed by atoms with Crippen LogP contribution in [0, 0.1) is 5.82 Å². The normalized spacial score (nSPS) is 10.4. The molecule has 0 aliphatic heterocycles. The molecule has 0 aliphatic carbocycles. The van der Waals surface area contributed by atoms with Crippen molar-refractivity contribution in [2.24, 2.45) is 0 Å². The molecule has 2 rings (SSSR count). The minimum absolute atomic E-state index is 0.161. The molecule has 0 spiro atoms. The number of carbonyl (C=O) groups excluding carboxylic acids is 1. The Bertz CT molecular complexity index is 514. The summed E-state index contributed by atoms with van der Waals surface area (Å²) < 4.78 is 18.0. The molecule has 0 radical (unpaired) electrons. The topological polar surface area (TPSA) is 42.9 Å². The number of ketones is 1. The van der Waals surface area contributed by atoms with Crippen LogP contribution in [0.3, 0.4) is 0 Å². The molecule has 0 fully saturated rings. The van der Waals surface area contributed by atoms with Crippen molar-refractivity contribution in [2.45, 2.75) is 16.2 Å². The summed E-state index contributed by atoms with van der Waals surface area (Å²) in [6, 6.07) is 4.46. The monoisotopic (exact) mass is 254 g/mol. The second kappa shape index (κ2) is 4.71. The third-order valence-corrected chi connectivity index (χ3v) is 3.71. The maximum atomic E-state index is 13.6. The SMILES string of the molecule is CC(=O)c1cccc(F)c1Sc1ncns1. The quantitative estimate of drug-likeness (QED) is 0.790. The molecule has 16 heavy (non-hydrogen) atoms. The minimum atomic E-state index is -0.409. The van der Waals surface area contributed by atoms with E-state index in [0.717, 1.165) is 11.8 Å². The Balaban J connectivity index is 2.42. The Labute approximate surface area is 99.9 Å². The Kier molecular flexibility index (Phi) is 3.31. The average Bonchev–Trinajstić information content (AvgIpc) is 2.73. The first-order valence-corrected chi connectivity index (χ1v) is 6.01. The Morgan fingerprint density at radius 3 is 2.94 bits per heavy atom. The molecule has 0 atom stereocenters. The van der Waals surface area contributed by atoms with Gasteiger partial charge in [0.2, 0.25) is 0 Å².